The van der Waals surface area contributed by atoms with E-state index in [1.807, 2.05) is 0 Å². The van der Waals surface area contributed by atoms with Gasteiger partial charge >= 0.3 is 0 Å². The molecule has 0 aliphatic rings. The first-order valence-corrected chi connectivity index (χ1v) is 5.96. The number of nitrogen functional groups attached to an aromatic ring is 1. The van der Waals surface area contributed by atoms with E-state index in [1.165, 1.54) is 19.2 Å². The van der Waals surface area contributed by atoms with Gasteiger partial charge in [0.05, 0.1) is 18.9 Å². The molecule has 19 heavy (non-hydrogen) atoms. The molecule has 4 heteroatoms. The van der Waals surface area contributed by atoms with Gasteiger partial charge in [-0.2, -0.15) is 0 Å². The number of ether oxygens (including phenoxy) is 1. The average molecular weight is 261 g/mol. The van der Waals surface area contributed by atoms with Crippen molar-refractivity contribution < 1.29 is 14.2 Å². The highest BCUT2D eigenvalue weighted by molar-refractivity contribution is 5.59. The average Bonchev–Trinajstić information content (AvgIpc) is 2.39. The summed E-state index contributed by atoms with van der Waals surface area (Å²) in [5.41, 5.74) is 7.63. The Kier molecular flexibility index (Phi) is 4.02. The minimum absolute atomic E-state index is 0.301. The van der Waals surface area contributed by atoms with Crippen molar-refractivity contribution in [3.8, 4) is 5.75 Å². The summed E-state index contributed by atoms with van der Waals surface area (Å²) in [7, 11) is 1.52. The first-order valence-electron chi connectivity index (χ1n) is 5.96. The van der Waals surface area contributed by atoms with Crippen LogP contribution in [-0.2, 0) is 6.42 Å². The molecular weight excluding hydrogens is 245 g/mol. The second kappa shape index (κ2) is 5.71. The lowest BCUT2D eigenvalue weighted by Gasteiger charge is -2.15. The van der Waals surface area contributed by atoms with Crippen LogP contribution in [0.15, 0.2) is 42.5 Å². The molecule has 3 N–H and O–H groups in total. The number of para-hydroxylation sites is 1. The van der Waals surface area contributed by atoms with E-state index in [0.717, 1.165) is 5.56 Å². The van der Waals surface area contributed by atoms with Gasteiger partial charge in [0.15, 0.2) is 0 Å². The standard InChI is InChI=1S/C15H16FNO2/c1-19-14-7-3-6-12(15(14)17)13(18)9-10-4-2-5-11(16)8-10/h2-8,13,18H,9,17H2,1H3. The third-order valence-corrected chi connectivity index (χ3v) is 3.00. The Balaban J connectivity index is 2.23. The number of nitrogens with two attached hydrogens (primary N) is 1. The number of aliphatic hydroxyl groups is 1. The van der Waals surface area contributed by atoms with Gasteiger partial charge < -0.3 is 15.6 Å². The Morgan fingerprint density at radius 2 is 2.00 bits per heavy atom. The second-order valence-corrected chi connectivity index (χ2v) is 4.31. The van der Waals surface area contributed by atoms with E-state index >= 15 is 0 Å². The molecule has 2 rings (SSSR count). The van der Waals surface area contributed by atoms with Gasteiger partial charge in [-0.3, -0.25) is 0 Å². The van der Waals surface area contributed by atoms with Gasteiger partial charge in [-0.1, -0.05) is 24.3 Å². The van der Waals surface area contributed by atoms with E-state index in [4.69, 9.17) is 10.5 Å². The van der Waals surface area contributed by atoms with Crippen LogP contribution in [0.5, 0.6) is 5.75 Å². The molecule has 1 unspecified atom stereocenters. The Bertz CT molecular complexity index is 572. The number of hydrogen-bond acceptors (Lipinski definition) is 3. The first-order chi connectivity index (χ1) is 9.11. The number of hydrogen-bond donors (Lipinski definition) is 2. The van der Waals surface area contributed by atoms with Crippen molar-refractivity contribution in [3.63, 3.8) is 0 Å². The normalized spacial score (nSPS) is 12.2. The van der Waals surface area contributed by atoms with Crippen LogP contribution in [-0.4, -0.2) is 12.2 Å². The molecule has 0 aliphatic carbocycles. The van der Waals surface area contributed by atoms with E-state index in [1.54, 1.807) is 30.3 Å². The fourth-order valence-corrected chi connectivity index (χ4v) is 2.03. The second-order valence-electron chi connectivity index (χ2n) is 4.31. The highest BCUT2D eigenvalue weighted by atomic mass is 19.1. The maximum absolute atomic E-state index is 13.1. The van der Waals surface area contributed by atoms with Crippen molar-refractivity contribution >= 4 is 5.69 Å². The quantitative estimate of drug-likeness (QED) is 0.832. The predicted octanol–water partition coefficient (Wildman–Crippen LogP) is 2.69. The van der Waals surface area contributed by atoms with E-state index in [2.05, 4.69) is 0 Å². The lowest BCUT2D eigenvalue weighted by Crippen LogP contribution is -2.06. The smallest absolute Gasteiger partial charge is 0.142 e. The molecule has 0 amide bonds. The number of halogens is 1. The zero-order chi connectivity index (χ0) is 13.8. The van der Waals surface area contributed by atoms with Crippen LogP contribution in [0, 0.1) is 5.82 Å². The third-order valence-electron chi connectivity index (χ3n) is 3.00. The summed E-state index contributed by atoms with van der Waals surface area (Å²) in [5.74, 6) is 0.208. The van der Waals surface area contributed by atoms with Gasteiger partial charge in [0.2, 0.25) is 0 Å². The lowest BCUT2D eigenvalue weighted by atomic mass is 9.99. The van der Waals surface area contributed by atoms with Crippen molar-refractivity contribution in [2.24, 2.45) is 0 Å². The highest BCUT2D eigenvalue weighted by Gasteiger charge is 2.14. The van der Waals surface area contributed by atoms with Crippen LogP contribution in [0.4, 0.5) is 10.1 Å². The Labute approximate surface area is 111 Å². The van der Waals surface area contributed by atoms with Gasteiger partial charge in [0.1, 0.15) is 11.6 Å². The van der Waals surface area contributed by atoms with Crippen LogP contribution in [0.2, 0.25) is 0 Å². The minimum Gasteiger partial charge on any atom is -0.495 e. The molecule has 0 bridgehead atoms. The van der Waals surface area contributed by atoms with Crippen LogP contribution < -0.4 is 10.5 Å². The number of aliphatic hydroxyl groups excluding tert-OH is 1. The number of rotatable bonds is 4. The molecule has 100 valence electrons. The summed E-state index contributed by atoms with van der Waals surface area (Å²) in [5, 5.41) is 10.2. The third kappa shape index (κ3) is 3.03. The fraction of sp³-hybridized carbons (Fsp3) is 0.200. The number of methoxy groups -OCH3 is 1. The van der Waals surface area contributed by atoms with Gasteiger partial charge in [-0.25, -0.2) is 4.39 Å². The molecule has 0 radical (unpaired) electrons. The molecular formula is C15H16FNO2. The van der Waals surface area contributed by atoms with E-state index in [9.17, 15) is 9.50 Å². The predicted molar refractivity (Wildman–Crippen MR) is 72.5 cm³/mol. The summed E-state index contributed by atoms with van der Waals surface area (Å²) in [4.78, 5) is 0. The highest BCUT2D eigenvalue weighted by Crippen LogP contribution is 2.31. The topological polar surface area (TPSA) is 55.5 Å². The van der Waals surface area contributed by atoms with Crippen molar-refractivity contribution in [2.75, 3.05) is 12.8 Å². The van der Waals surface area contributed by atoms with E-state index < -0.39 is 6.10 Å². The molecule has 0 saturated heterocycles. The van der Waals surface area contributed by atoms with Crippen molar-refractivity contribution in [3.05, 3.63) is 59.4 Å². The van der Waals surface area contributed by atoms with Crippen LogP contribution in [0.3, 0.4) is 0 Å². The van der Waals surface area contributed by atoms with Crippen LogP contribution in [0.1, 0.15) is 17.2 Å². The summed E-state index contributed by atoms with van der Waals surface area (Å²) >= 11 is 0. The number of anilines is 1. The molecule has 0 spiro atoms. The van der Waals surface area contributed by atoms with E-state index in [-0.39, 0.29) is 5.82 Å². The molecule has 2 aromatic rings. The molecule has 2 aromatic carbocycles. The van der Waals surface area contributed by atoms with Gasteiger partial charge in [-0.05, 0) is 23.8 Å². The molecule has 0 heterocycles. The number of benzene rings is 2. The maximum atomic E-state index is 13.1. The molecule has 1 atom stereocenters. The molecule has 0 aliphatic heterocycles. The Hall–Kier alpha value is -2.07. The van der Waals surface area contributed by atoms with Crippen molar-refractivity contribution in [1.29, 1.82) is 0 Å². The van der Waals surface area contributed by atoms with Crippen molar-refractivity contribution in [2.45, 2.75) is 12.5 Å². The largest absolute Gasteiger partial charge is 0.495 e. The summed E-state index contributed by atoms with van der Waals surface area (Å²) in [6.45, 7) is 0. The summed E-state index contributed by atoms with van der Waals surface area (Å²) < 4.78 is 18.2. The SMILES string of the molecule is COc1cccc(C(O)Cc2cccc(F)c2)c1N. The Morgan fingerprint density at radius 3 is 2.68 bits per heavy atom. The zero-order valence-electron chi connectivity index (χ0n) is 10.6. The van der Waals surface area contributed by atoms with Crippen LogP contribution >= 0.6 is 0 Å². The summed E-state index contributed by atoms with van der Waals surface area (Å²) in [6.07, 6.45) is -0.494. The Morgan fingerprint density at radius 1 is 1.26 bits per heavy atom. The van der Waals surface area contributed by atoms with Gasteiger partial charge in [0, 0.05) is 12.0 Å². The maximum Gasteiger partial charge on any atom is 0.142 e. The monoisotopic (exact) mass is 261 g/mol. The van der Waals surface area contributed by atoms with Gasteiger partial charge in [0.25, 0.3) is 0 Å². The molecule has 3 nitrogen and oxygen atoms in total. The van der Waals surface area contributed by atoms with Crippen molar-refractivity contribution in [1.82, 2.24) is 0 Å². The lowest BCUT2D eigenvalue weighted by molar-refractivity contribution is 0.179. The molecule has 0 saturated carbocycles. The molecule has 0 aromatic heterocycles. The first kappa shape index (κ1) is 13.4. The van der Waals surface area contributed by atoms with Gasteiger partial charge in [-0.15, -0.1) is 0 Å². The molecule has 0 fully saturated rings. The fourth-order valence-electron chi connectivity index (χ4n) is 2.03. The summed E-state index contributed by atoms with van der Waals surface area (Å²) in [6, 6.07) is 11.4. The zero-order valence-corrected chi connectivity index (χ0v) is 10.6. The van der Waals surface area contributed by atoms with E-state index in [0.29, 0.717) is 23.4 Å². The van der Waals surface area contributed by atoms with Crippen LogP contribution in [0.25, 0.3) is 0 Å². The minimum atomic E-state index is -0.795.